The van der Waals surface area contributed by atoms with Gasteiger partial charge in [-0.15, -0.1) is 0 Å². The van der Waals surface area contributed by atoms with Gasteiger partial charge in [-0.05, 0) is 49.9 Å². The van der Waals surface area contributed by atoms with Crippen LogP contribution in [-0.4, -0.2) is 43.6 Å². The third kappa shape index (κ3) is 6.49. The fourth-order valence-electron chi connectivity index (χ4n) is 3.10. The minimum Gasteiger partial charge on any atom is -0.361 e. The lowest BCUT2D eigenvalue weighted by Crippen LogP contribution is -2.32. The zero-order chi connectivity index (χ0) is 17.9. The van der Waals surface area contributed by atoms with Gasteiger partial charge in [0, 0.05) is 43.2 Å². The van der Waals surface area contributed by atoms with E-state index in [2.05, 4.69) is 33.8 Å². The molecule has 1 aliphatic rings. The molecule has 0 atom stereocenters. The Balaban J connectivity index is 0.000000511. The average Bonchev–Trinajstić information content (AvgIpc) is 3.06. The summed E-state index contributed by atoms with van der Waals surface area (Å²) >= 11 is 0. The molecule has 0 unspecified atom stereocenters. The van der Waals surface area contributed by atoms with Crippen LogP contribution in [0.5, 0.6) is 0 Å². The number of fused-ring (bicyclic) bond motifs is 1. The standard InChI is InChI=1S/C17H23N3O.C2H8N2/c21-17(11-13-5-8-18-9-6-13)19-10-7-14-12-20-16-4-2-1-3-15(14)16;3-1-2-4/h1-4,12-13,18,20H,5-11H2,(H,19,21);1-4H2. The Morgan fingerprint density at radius 3 is 2.60 bits per heavy atom. The van der Waals surface area contributed by atoms with E-state index in [4.69, 9.17) is 11.5 Å². The Bertz CT molecular complexity index is 632. The molecule has 0 saturated carbocycles. The summed E-state index contributed by atoms with van der Waals surface area (Å²) in [6.45, 7) is 4.01. The Hall–Kier alpha value is -1.89. The molecule has 1 saturated heterocycles. The Labute approximate surface area is 149 Å². The quantitative estimate of drug-likeness (QED) is 0.540. The van der Waals surface area contributed by atoms with Gasteiger partial charge in [-0.25, -0.2) is 0 Å². The minimum absolute atomic E-state index is 0.196. The monoisotopic (exact) mass is 345 g/mol. The molecule has 1 aromatic heterocycles. The molecule has 0 radical (unpaired) electrons. The van der Waals surface area contributed by atoms with Gasteiger partial charge in [0.1, 0.15) is 0 Å². The molecule has 1 aliphatic heterocycles. The van der Waals surface area contributed by atoms with E-state index >= 15 is 0 Å². The van der Waals surface area contributed by atoms with E-state index in [0.717, 1.165) is 37.9 Å². The minimum atomic E-state index is 0.196. The number of H-pyrrole nitrogens is 1. The van der Waals surface area contributed by atoms with E-state index in [1.807, 2.05) is 12.3 Å². The fraction of sp³-hybridized carbons (Fsp3) is 0.526. The second-order valence-electron chi connectivity index (χ2n) is 6.43. The van der Waals surface area contributed by atoms with Crippen molar-refractivity contribution in [1.29, 1.82) is 0 Å². The number of nitrogens with two attached hydrogens (primary N) is 2. The van der Waals surface area contributed by atoms with E-state index < -0.39 is 0 Å². The van der Waals surface area contributed by atoms with Gasteiger partial charge in [0.25, 0.3) is 0 Å². The normalized spacial score (nSPS) is 14.8. The molecule has 138 valence electrons. The lowest BCUT2D eigenvalue weighted by atomic mass is 9.94. The van der Waals surface area contributed by atoms with Gasteiger partial charge in [-0.3, -0.25) is 4.79 Å². The SMILES string of the molecule is NCCN.O=C(CC1CCNCC1)NCCc1c[nH]c2ccccc12. The van der Waals surface area contributed by atoms with Crippen LogP contribution in [0.15, 0.2) is 30.5 Å². The van der Waals surface area contributed by atoms with Crippen LogP contribution in [-0.2, 0) is 11.2 Å². The van der Waals surface area contributed by atoms with Gasteiger partial charge in [0.2, 0.25) is 5.91 Å². The van der Waals surface area contributed by atoms with Crippen LogP contribution < -0.4 is 22.1 Å². The second-order valence-corrected chi connectivity index (χ2v) is 6.43. The van der Waals surface area contributed by atoms with Gasteiger partial charge in [-0.2, -0.15) is 0 Å². The molecule has 7 N–H and O–H groups in total. The van der Waals surface area contributed by atoms with E-state index in [-0.39, 0.29) is 5.91 Å². The molecular formula is C19H31N5O. The van der Waals surface area contributed by atoms with Crippen molar-refractivity contribution in [1.82, 2.24) is 15.6 Å². The molecule has 2 aromatic rings. The zero-order valence-corrected chi connectivity index (χ0v) is 14.9. The van der Waals surface area contributed by atoms with Crippen molar-refractivity contribution in [2.24, 2.45) is 17.4 Å². The van der Waals surface area contributed by atoms with Crippen LogP contribution in [0.2, 0.25) is 0 Å². The first-order chi connectivity index (χ1) is 12.2. The molecule has 3 rings (SSSR count). The summed E-state index contributed by atoms with van der Waals surface area (Å²) in [4.78, 5) is 15.2. The molecule has 0 bridgehead atoms. The topological polar surface area (TPSA) is 109 Å². The van der Waals surface area contributed by atoms with Crippen molar-refractivity contribution in [3.8, 4) is 0 Å². The smallest absolute Gasteiger partial charge is 0.220 e. The molecule has 0 aliphatic carbocycles. The van der Waals surface area contributed by atoms with E-state index in [9.17, 15) is 4.79 Å². The predicted octanol–water partition coefficient (Wildman–Crippen LogP) is 1.12. The summed E-state index contributed by atoms with van der Waals surface area (Å²) < 4.78 is 0. The number of carbonyl (C=O) groups excluding carboxylic acids is 1. The summed E-state index contributed by atoms with van der Waals surface area (Å²) in [7, 11) is 0. The molecule has 1 aromatic carbocycles. The molecular weight excluding hydrogens is 314 g/mol. The predicted molar refractivity (Wildman–Crippen MR) is 103 cm³/mol. The Kier molecular flexibility index (Phi) is 8.45. The van der Waals surface area contributed by atoms with Crippen LogP contribution >= 0.6 is 0 Å². The highest BCUT2D eigenvalue weighted by Crippen LogP contribution is 2.18. The summed E-state index contributed by atoms with van der Waals surface area (Å²) in [6.07, 6.45) is 5.84. The maximum absolute atomic E-state index is 12.0. The van der Waals surface area contributed by atoms with Crippen LogP contribution in [0.3, 0.4) is 0 Å². The largest absolute Gasteiger partial charge is 0.361 e. The third-order valence-electron chi connectivity index (χ3n) is 4.49. The highest BCUT2D eigenvalue weighted by atomic mass is 16.1. The number of amides is 1. The molecule has 0 spiro atoms. The molecule has 1 fully saturated rings. The number of hydrogen-bond donors (Lipinski definition) is 5. The maximum atomic E-state index is 12.0. The summed E-state index contributed by atoms with van der Waals surface area (Å²) in [5.41, 5.74) is 12.2. The second kappa shape index (κ2) is 10.9. The highest BCUT2D eigenvalue weighted by Gasteiger charge is 2.16. The number of carbonyl (C=O) groups is 1. The zero-order valence-electron chi connectivity index (χ0n) is 14.9. The number of para-hydroxylation sites is 1. The first-order valence-electron chi connectivity index (χ1n) is 9.17. The molecule has 1 amide bonds. The van der Waals surface area contributed by atoms with Crippen LogP contribution in [0, 0.1) is 5.92 Å². The molecule has 2 heterocycles. The van der Waals surface area contributed by atoms with Crippen LogP contribution in [0.25, 0.3) is 10.9 Å². The highest BCUT2D eigenvalue weighted by molar-refractivity contribution is 5.83. The van der Waals surface area contributed by atoms with Crippen LogP contribution in [0.4, 0.5) is 0 Å². The van der Waals surface area contributed by atoms with E-state index in [1.54, 1.807) is 0 Å². The first-order valence-corrected chi connectivity index (χ1v) is 9.17. The molecule has 6 heteroatoms. The lowest BCUT2D eigenvalue weighted by Gasteiger charge is -2.21. The van der Waals surface area contributed by atoms with Crippen molar-refractivity contribution in [2.45, 2.75) is 25.7 Å². The number of hydrogen-bond acceptors (Lipinski definition) is 4. The summed E-state index contributed by atoms with van der Waals surface area (Å²) in [5, 5.41) is 7.65. The number of aromatic nitrogens is 1. The van der Waals surface area contributed by atoms with Gasteiger partial charge >= 0.3 is 0 Å². The first kappa shape index (κ1) is 19.4. The van der Waals surface area contributed by atoms with Gasteiger partial charge in [-0.1, -0.05) is 18.2 Å². The Morgan fingerprint density at radius 1 is 1.16 bits per heavy atom. The third-order valence-corrected chi connectivity index (χ3v) is 4.49. The molecule has 6 nitrogen and oxygen atoms in total. The fourth-order valence-corrected chi connectivity index (χ4v) is 3.10. The number of piperidine rings is 1. The van der Waals surface area contributed by atoms with Crippen molar-refractivity contribution in [3.05, 3.63) is 36.0 Å². The Morgan fingerprint density at radius 2 is 1.88 bits per heavy atom. The van der Waals surface area contributed by atoms with Crippen LogP contribution in [0.1, 0.15) is 24.8 Å². The van der Waals surface area contributed by atoms with E-state index in [0.29, 0.717) is 32.0 Å². The summed E-state index contributed by atoms with van der Waals surface area (Å²) in [5.74, 6) is 0.751. The van der Waals surface area contributed by atoms with Gasteiger partial charge in [0.15, 0.2) is 0 Å². The number of nitrogens with one attached hydrogen (secondary N) is 3. The van der Waals surface area contributed by atoms with Gasteiger partial charge < -0.3 is 27.1 Å². The van der Waals surface area contributed by atoms with Crippen molar-refractivity contribution in [3.63, 3.8) is 0 Å². The maximum Gasteiger partial charge on any atom is 0.220 e. The van der Waals surface area contributed by atoms with E-state index in [1.165, 1.54) is 10.9 Å². The van der Waals surface area contributed by atoms with Gasteiger partial charge in [0.05, 0.1) is 0 Å². The van der Waals surface area contributed by atoms with Crippen molar-refractivity contribution >= 4 is 16.8 Å². The van der Waals surface area contributed by atoms with Crippen molar-refractivity contribution in [2.75, 3.05) is 32.7 Å². The molecule has 25 heavy (non-hydrogen) atoms. The number of aromatic amines is 1. The lowest BCUT2D eigenvalue weighted by molar-refractivity contribution is -0.122. The number of rotatable bonds is 6. The number of benzene rings is 1. The average molecular weight is 345 g/mol. The summed E-state index contributed by atoms with van der Waals surface area (Å²) in [6, 6.07) is 8.28. The van der Waals surface area contributed by atoms with Crippen molar-refractivity contribution < 1.29 is 4.79 Å².